The maximum Gasteiger partial charge on any atom is 0.260 e. The molecule has 0 bridgehead atoms. The summed E-state index contributed by atoms with van der Waals surface area (Å²) >= 11 is 0. The summed E-state index contributed by atoms with van der Waals surface area (Å²) in [7, 11) is 3.11. The molecule has 0 saturated carbocycles. The molecule has 0 N–H and O–H groups in total. The lowest BCUT2D eigenvalue weighted by atomic mass is 10.1. The molecule has 0 aliphatic carbocycles. The first kappa shape index (κ1) is 18.6. The van der Waals surface area contributed by atoms with E-state index in [0.29, 0.717) is 17.2 Å². The summed E-state index contributed by atoms with van der Waals surface area (Å²) in [6, 6.07) is 5.37. The number of fused-ring (bicyclic) bond motifs is 1. The molecular formula is C21H23N3O3. The van der Waals surface area contributed by atoms with Crippen molar-refractivity contribution in [1.29, 1.82) is 0 Å². The Morgan fingerprint density at radius 3 is 2.70 bits per heavy atom. The molecule has 27 heavy (non-hydrogen) atoms. The van der Waals surface area contributed by atoms with E-state index in [1.54, 1.807) is 31.4 Å². The van der Waals surface area contributed by atoms with Crippen LogP contribution in [0.25, 0.3) is 11.3 Å². The molecule has 2 aromatic heterocycles. The lowest BCUT2D eigenvalue weighted by Crippen LogP contribution is -2.26. The van der Waals surface area contributed by atoms with Crippen LogP contribution in [0.4, 0.5) is 0 Å². The minimum absolute atomic E-state index is 0.0469. The van der Waals surface area contributed by atoms with Gasteiger partial charge in [-0.3, -0.25) is 9.69 Å². The van der Waals surface area contributed by atoms with Crippen molar-refractivity contribution in [3.05, 3.63) is 60.1 Å². The topological polar surface area (TPSA) is 64.6 Å². The van der Waals surface area contributed by atoms with Crippen molar-refractivity contribution in [3.8, 4) is 22.9 Å². The average Bonchev–Trinajstić information content (AvgIpc) is 2.99. The zero-order chi connectivity index (χ0) is 19.6. The standard InChI is InChI=1S/C21H23N3O3/c1-6-14(7-2)24-17(8-3)19-15(21(24)25)9-10-16(23-19)13-11-18(26-4)20(27-5)22-12-13/h6-7,9-12,17H,1,8H2,2-5H3/b14-7+/t17-/m1/s1. The first-order valence-electron chi connectivity index (χ1n) is 8.81. The number of carbonyl (C=O) groups excluding carboxylic acids is 1. The Morgan fingerprint density at radius 1 is 1.33 bits per heavy atom. The van der Waals surface area contributed by atoms with Crippen LogP contribution in [0, 0.1) is 0 Å². The van der Waals surface area contributed by atoms with Gasteiger partial charge in [0.2, 0.25) is 0 Å². The third-order valence-electron chi connectivity index (χ3n) is 4.70. The second kappa shape index (κ2) is 7.61. The number of ether oxygens (including phenoxy) is 2. The number of pyridine rings is 2. The summed E-state index contributed by atoms with van der Waals surface area (Å²) in [6.45, 7) is 7.77. The fourth-order valence-corrected chi connectivity index (χ4v) is 3.36. The second-order valence-corrected chi connectivity index (χ2v) is 6.08. The molecule has 140 valence electrons. The molecule has 0 radical (unpaired) electrons. The number of allylic oxidation sites excluding steroid dienone is 2. The van der Waals surface area contributed by atoms with Crippen LogP contribution in [0.1, 0.15) is 42.4 Å². The maximum absolute atomic E-state index is 12.9. The first-order valence-corrected chi connectivity index (χ1v) is 8.81. The van der Waals surface area contributed by atoms with Gasteiger partial charge in [-0.25, -0.2) is 9.97 Å². The van der Waals surface area contributed by atoms with E-state index in [9.17, 15) is 4.79 Å². The number of hydrogen-bond donors (Lipinski definition) is 0. The van der Waals surface area contributed by atoms with E-state index >= 15 is 0 Å². The highest BCUT2D eigenvalue weighted by molar-refractivity contribution is 6.00. The average molecular weight is 365 g/mol. The molecule has 1 aliphatic rings. The number of methoxy groups -OCH3 is 2. The van der Waals surface area contributed by atoms with Gasteiger partial charge in [0.1, 0.15) is 0 Å². The van der Waals surface area contributed by atoms with E-state index < -0.39 is 0 Å². The van der Waals surface area contributed by atoms with Crippen molar-refractivity contribution in [2.75, 3.05) is 14.2 Å². The van der Waals surface area contributed by atoms with E-state index in [2.05, 4.69) is 11.6 Å². The molecule has 0 saturated heterocycles. The van der Waals surface area contributed by atoms with Gasteiger partial charge in [-0.15, -0.1) is 0 Å². The largest absolute Gasteiger partial charge is 0.491 e. The molecule has 6 heteroatoms. The predicted molar refractivity (Wildman–Crippen MR) is 104 cm³/mol. The van der Waals surface area contributed by atoms with Crippen LogP contribution in [0.5, 0.6) is 11.6 Å². The van der Waals surface area contributed by atoms with Crippen LogP contribution < -0.4 is 9.47 Å². The van der Waals surface area contributed by atoms with Gasteiger partial charge in [-0.05, 0) is 37.6 Å². The molecule has 0 aromatic carbocycles. The highest BCUT2D eigenvalue weighted by Gasteiger charge is 2.38. The number of rotatable bonds is 6. The van der Waals surface area contributed by atoms with Crippen LogP contribution in [0.3, 0.4) is 0 Å². The van der Waals surface area contributed by atoms with Crippen molar-refractivity contribution in [2.24, 2.45) is 0 Å². The fraction of sp³-hybridized carbons (Fsp3) is 0.286. The molecular weight excluding hydrogens is 342 g/mol. The summed E-state index contributed by atoms with van der Waals surface area (Å²) in [5.74, 6) is 0.901. The summed E-state index contributed by atoms with van der Waals surface area (Å²) in [4.78, 5) is 23.7. The van der Waals surface area contributed by atoms with Gasteiger partial charge < -0.3 is 9.47 Å². The lowest BCUT2D eigenvalue weighted by molar-refractivity contribution is 0.0789. The van der Waals surface area contributed by atoms with Crippen LogP contribution in [-0.4, -0.2) is 35.0 Å². The van der Waals surface area contributed by atoms with Crippen LogP contribution in [0.2, 0.25) is 0 Å². The van der Waals surface area contributed by atoms with Gasteiger partial charge in [0.25, 0.3) is 11.8 Å². The Labute approximate surface area is 159 Å². The number of amides is 1. The predicted octanol–water partition coefficient (Wildman–Crippen LogP) is 4.16. The molecule has 3 heterocycles. The van der Waals surface area contributed by atoms with E-state index in [0.717, 1.165) is 29.1 Å². The van der Waals surface area contributed by atoms with E-state index in [-0.39, 0.29) is 11.9 Å². The molecule has 2 aromatic rings. The van der Waals surface area contributed by atoms with Crippen molar-refractivity contribution < 1.29 is 14.3 Å². The van der Waals surface area contributed by atoms with E-state index in [1.165, 1.54) is 0 Å². The monoisotopic (exact) mass is 365 g/mol. The molecule has 1 atom stereocenters. The normalized spacial score (nSPS) is 16.3. The van der Waals surface area contributed by atoms with Crippen LogP contribution in [-0.2, 0) is 0 Å². The molecule has 0 fully saturated rings. The summed E-state index contributed by atoms with van der Waals surface area (Å²) in [5.41, 5.74) is 3.72. The Hall–Kier alpha value is -3.15. The van der Waals surface area contributed by atoms with Gasteiger partial charge >= 0.3 is 0 Å². The minimum Gasteiger partial charge on any atom is -0.491 e. The Morgan fingerprint density at radius 2 is 2.11 bits per heavy atom. The molecule has 0 unspecified atom stereocenters. The van der Waals surface area contributed by atoms with Crippen molar-refractivity contribution in [3.63, 3.8) is 0 Å². The van der Waals surface area contributed by atoms with Crippen molar-refractivity contribution in [2.45, 2.75) is 26.3 Å². The highest BCUT2D eigenvalue weighted by Crippen LogP contribution is 2.39. The smallest absolute Gasteiger partial charge is 0.260 e. The third kappa shape index (κ3) is 3.07. The summed E-state index contributed by atoms with van der Waals surface area (Å²) in [5, 5.41) is 0. The number of nitrogens with zero attached hydrogens (tertiary/aromatic N) is 3. The van der Waals surface area contributed by atoms with Gasteiger partial charge in [0.05, 0.1) is 37.2 Å². The van der Waals surface area contributed by atoms with E-state index in [4.69, 9.17) is 14.5 Å². The summed E-state index contributed by atoms with van der Waals surface area (Å²) in [6.07, 6.45) is 6.03. The van der Waals surface area contributed by atoms with Crippen LogP contribution in [0.15, 0.2) is 48.8 Å². The number of hydrogen-bond acceptors (Lipinski definition) is 5. The van der Waals surface area contributed by atoms with Gasteiger partial charge in [0.15, 0.2) is 5.75 Å². The number of aromatic nitrogens is 2. The highest BCUT2D eigenvalue weighted by atomic mass is 16.5. The summed E-state index contributed by atoms with van der Waals surface area (Å²) < 4.78 is 10.5. The Bertz CT molecular complexity index is 921. The molecule has 6 nitrogen and oxygen atoms in total. The lowest BCUT2D eigenvalue weighted by Gasteiger charge is -2.24. The van der Waals surface area contributed by atoms with Crippen molar-refractivity contribution >= 4 is 5.91 Å². The second-order valence-electron chi connectivity index (χ2n) is 6.08. The van der Waals surface area contributed by atoms with Gasteiger partial charge in [0, 0.05) is 17.5 Å². The SMILES string of the molecule is C=C/C(=C\C)N1C(=O)c2ccc(-c3cnc(OC)c(OC)c3)nc2[C@H]1CC. The zero-order valence-corrected chi connectivity index (χ0v) is 16.0. The number of carbonyl (C=O) groups is 1. The van der Waals surface area contributed by atoms with Crippen molar-refractivity contribution in [1.82, 2.24) is 14.9 Å². The minimum atomic E-state index is -0.121. The molecule has 1 amide bonds. The third-order valence-corrected chi connectivity index (χ3v) is 4.70. The first-order chi connectivity index (χ1) is 13.1. The quantitative estimate of drug-likeness (QED) is 0.719. The Kier molecular flexibility index (Phi) is 5.26. The zero-order valence-electron chi connectivity index (χ0n) is 16.0. The molecule has 3 rings (SSSR count). The Balaban J connectivity index is 2.08. The molecule has 1 aliphatic heterocycles. The van der Waals surface area contributed by atoms with Crippen LogP contribution >= 0.6 is 0 Å². The van der Waals surface area contributed by atoms with E-state index in [1.807, 2.05) is 38.1 Å². The molecule has 0 spiro atoms. The maximum atomic E-state index is 12.9. The fourth-order valence-electron chi connectivity index (χ4n) is 3.36. The van der Waals surface area contributed by atoms with Gasteiger partial charge in [-0.1, -0.05) is 19.6 Å². The van der Waals surface area contributed by atoms with Gasteiger partial charge in [-0.2, -0.15) is 0 Å².